The van der Waals surface area contributed by atoms with Crippen LogP contribution in [-0.4, -0.2) is 31.7 Å². The summed E-state index contributed by atoms with van der Waals surface area (Å²) in [4.78, 5) is 4.01. The van der Waals surface area contributed by atoms with E-state index in [4.69, 9.17) is 0 Å². The highest BCUT2D eigenvalue weighted by Gasteiger charge is 2.34. The van der Waals surface area contributed by atoms with Crippen molar-refractivity contribution in [3.63, 3.8) is 0 Å². The van der Waals surface area contributed by atoms with Gasteiger partial charge in [-0.15, -0.1) is 25.7 Å². The first-order valence-corrected chi connectivity index (χ1v) is 10.3. The van der Waals surface area contributed by atoms with Gasteiger partial charge >= 0.3 is 0 Å². The highest BCUT2D eigenvalue weighted by molar-refractivity contribution is 7.27. The normalized spacial score (nSPS) is 16.5. The standard InChI is InChI=1S/C19H24N5PS/c1-19(2,3)24-18(20-21-22-24)17(14-6-4-5-7-15(14)25)23-10-8-16-13(12-23)9-11-26-16/h4-7,9,11,17H,8,10,12,25H2,1-3H3. The van der Waals surface area contributed by atoms with E-state index < -0.39 is 0 Å². The lowest BCUT2D eigenvalue weighted by Gasteiger charge is -2.36. The monoisotopic (exact) mass is 385 g/mol. The molecule has 1 aromatic carbocycles. The van der Waals surface area contributed by atoms with Gasteiger partial charge in [-0.05, 0) is 65.5 Å². The lowest BCUT2D eigenvalue weighted by atomic mass is 9.99. The fourth-order valence-corrected chi connectivity index (χ4v) is 4.85. The van der Waals surface area contributed by atoms with E-state index in [-0.39, 0.29) is 11.6 Å². The summed E-state index contributed by atoms with van der Waals surface area (Å²) in [5.74, 6) is 0.908. The van der Waals surface area contributed by atoms with Gasteiger partial charge in [0, 0.05) is 18.0 Å². The number of rotatable bonds is 3. The summed E-state index contributed by atoms with van der Waals surface area (Å²) in [7, 11) is 2.87. The van der Waals surface area contributed by atoms with Crippen LogP contribution in [-0.2, 0) is 18.5 Å². The Labute approximate surface area is 160 Å². The van der Waals surface area contributed by atoms with Gasteiger partial charge in [0.2, 0.25) is 0 Å². The van der Waals surface area contributed by atoms with Crippen LogP contribution >= 0.6 is 20.6 Å². The molecule has 1 aliphatic rings. The van der Waals surface area contributed by atoms with E-state index in [2.05, 4.69) is 86.1 Å². The summed E-state index contributed by atoms with van der Waals surface area (Å²) in [6, 6.07) is 10.8. The second-order valence-electron chi connectivity index (χ2n) is 7.74. The van der Waals surface area contributed by atoms with Gasteiger partial charge in [-0.25, -0.2) is 4.68 Å². The summed E-state index contributed by atoms with van der Waals surface area (Å²) in [5, 5.41) is 16.2. The van der Waals surface area contributed by atoms with Gasteiger partial charge in [-0.1, -0.05) is 24.3 Å². The molecule has 7 heteroatoms. The van der Waals surface area contributed by atoms with Gasteiger partial charge in [0.15, 0.2) is 5.82 Å². The Morgan fingerprint density at radius 3 is 2.77 bits per heavy atom. The van der Waals surface area contributed by atoms with Crippen LogP contribution in [0.3, 0.4) is 0 Å². The number of thiophene rings is 1. The predicted octanol–water partition coefficient (Wildman–Crippen LogP) is 3.14. The molecular weight excluding hydrogens is 361 g/mol. The Morgan fingerprint density at radius 1 is 1.19 bits per heavy atom. The minimum Gasteiger partial charge on any atom is -0.285 e. The van der Waals surface area contributed by atoms with Gasteiger partial charge in [0.25, 0.3) is 0 Å². The third-order valence-corrected chi connectivity index (χ3v) is 6.42. The molecule has 3 heterocycles. The third kappa shape index (κ3) is 3.22. The number of benzene rings is 1. The summed E-state index contributed by atoms with van der Waals surface area (Å²) in [5.41, 5.74) is 2.51. The van der Waals surface area contributed by atoms with Crippen LogP contribution in [0.4, 0.5) is 0 Å². The van der Waals surface area contributed by atoms with Crippen LogP contribution in [0.1, 0.15) is 48.6 Å². The van der Waals surface area contributed by atoms with Crippen LogP contribution < -0.4 is 5.30 Å². The van der Waals surface area contributed by atoms with Gasteiger partial charge < -0.3 is 0 Å². The summed E-state index contributed by atoms with van der Waals surface area (Å²) in [6.07, 6.45) is 1.08. The van der Waals surface area contributed by atoms with Crippen LogP contribution in [0, 0.1) is 0 Å². The first-order chi connectivity index (χ1) is 12.4. The van der Waals surface area contributed by atoms with Crippen LogP contribution in [0.25, 0.3) is 0 Å². The lowest BCUT2D eigenvalue weighted by molar-refractivity contribution is 0.187. The SMILES string of the molecule is CC(C)(C)n1nnnc1C(c1ccccc1P)N1CCc2sccc2C1. The molecule has 0 bridgehead atoms. The molecule has 3 aromatic rings. The van der Waals surface area contributed by atoms with E-state index >= 15 is 0 Å². The van der Waals surface area contributed by atoms with E-state index in [9.17, 15) is 0 Å². The molecule has 0 radical (unpaired) electrons. The van der Waals surface area contributed by atoms with Crippen LogP contribution in [0.15, 0.2) is 35.7 Å². The number of aromatic nitrogens is 4. The summed E-state index contributed by atoms with van der Waals surface area (Å²) < 4.78 is 1.97. The zero-order valence-electron chi connectivity index (χ0n) is 15.4. The number of tetrazole rings is 1. The van der Waals surface area contributed by atoms with Crippen molar-refractivity contribution in [2.24, 2.45) is 0 Å². The van der Waals surface area contributed by atoms with E-state index in [1.165, 1.54) is 21.3 Å². The molecule has 2 unspecified atom stereocenters. The molecule has 2 atom stereocenters. The molecule has 0 amide bonds. The maximum absolute atomic E-state index is 4.47. The summed E-state index contributed by atoms with van der Waals surface area (Å²) in [6.45, 7) is 8.37. The maximum atomic E-state index is 4.47. The highest BCUT2D eigenvalue weighted by Crippen LogP contribution is 2.34. The summed E-state index contributed by atoms with van der Waals surface area (Å²) >= 11 is 1.87. The average molecular weight is 385 g/mol. The minimum absolute atomic E-state index is 0.0333. The van der Waals surface area contributed by atoms with Crippen molar-refractivity contribution in [1.82, 2.24) is 25.1 Å². The predicted molar refractivity (Wildman–Crippen MR) is 109 cm³/mol. The molecule has 0 fully saturated rings. The number of fused-ring (bicyclic) bond motifs is 1. The van der Waals surface area contributed by atoms with Gasteiger partial charge in [-0.2, -0.15) is 0 Å². The lowest BCUT2D eigenvalue weighted by Crippen LogP contribution is -2.39. The zero-order valence-corrected chi connectivity index (χ0v) is 17.4. The highest BCUT2D eigenvalue weighted by atomic mass is 32.1. The Bertz CT molecular complexity index is 911. The van der Waals surface area contributed by atoms with Gasteiger partial charge in [0.1, 0.15) is 0 Å². The largest absolute Gasteiger partial charge is 0.285 e. The van der Waals surface area contributed by atoms with Crippen molar-refractivity contribution >= 4 is 25.9 Å². The molecule has 0 saturated heterocycles. The average Bonchev–Trinajstić information content (AvgIpc) is 3.25. The van der Waals surface area contributed by atoms with Crippen molar-refractivity contribution in [2.75, 3.05) is 6.54 Å². The Morgan fingerprint density at radius 2 is 2.00 bits per heavy atom. The Balaban J connectivity index is 1.82. The van der Waals surface area contributed by atoms with E-state index in [0.29, 0.717) is 0 Å². The molecule has 2 aromatic heterocycles. The Hall–Kier alpha value is -1.62. The fraction of sp³-hybridized carbons (Fsp3) is 0.421. The van der Waals surface area contributed by atoms with E-state index in [0.717, 1.165) is 25.3 Å². The van der Waals surface area contributed by atoms with Gasteiger partial charge in [-0.3, -0.25) is 4.90 Å². The molecule has 136 valence electrons. The van der Waals surface area contributed by atoms with Gasteiger partial charge in [0.05, 0.1) is 11.6 Å². The Kier molecular flexibility index (Phi) is 4.68. The molecule has 5 nitrogen and oxygen atoms in total. The minimum atomic E-state index is -0.170. The molecular formula is C19H24N5PS. The van der Waals surface area contributed by atoms with Crippen molar-refractivity contribution in [3.8, 4) is 0 Å². The van der Waals surface area contributed by atoms with Crippen molar-refractivity contribution in [2.45, 2.75) is 45.3 Å². The molecule has 4 rings (SSSR count). The zero-order chi connectivity index (χ0) is 18.3. The molecule has 26 heavy (non-hydrogen) atoms. The fourth-order valence-electron chi connectivity index (χ4n) is 3.59. The second-order valence-corrected chi connectivity index (χ2v) is 9.36. The third-order valence-electron chi connectivity index (χ3n) is 4.87. The first kappa shape index (κ1) is 17.8. The van der Waals surface area contributed by atoms with Crippen molar-refractivity contribution < 1.29 is 0 Å². The second kappa shape index (κ2) is 6.84. The van der Waals surface area contributed by atoms with E-state index in [1.54, 1.807) is 0 Å². The molecule has 0 spiro atoms. The first-order valence-electron chi connectivity index (χ1n) is 8.87. The maximum Gasteiger partial charge on any atom is 0.173 e. The molecule has 0 N–H and O–H groups in total. The number of nitrogens with zero attached hydrogens (tertiary/aromatic N) is 5. The van der Waals surface area contributed by atoms with Crippen molar-refractivity contribution in [1.29, 1.82) is 0 Å². The van der Waals surface area contributed by atoms with Crippen LogP contribution in [0.2, 0.25) is 0 Å². The van der Waals surface area contributed by atoms with Crippen molar-refractivity contribution in [3.05, 3.63) is 57.5 Å². The topological polar surface area (TPSA) is 46.8 Å². The molecule has 0 aliphatic carbocycles. The smallest absolute Gasteiger partial charge is 0.173 e. The van der Waals surface area contributed by atoms with E-state index in [1.807, 2.05) is 16.0 Å². The number of hydrogen-bond acceptors (Lipinski definition) is 5. The quantitative estimate of drug-likeness (QED) is 0.650. The molecule has 1 aliphatic heterocycles. The number of hydrogen-bond donors (Lipinski definition) is 0. The molecule has 0 saturated carbocycles. The van der Waals surface area contributed by atoms with Crippen LogP contribution in [0.5, 0.6) is 0 Å².